The Labute approximate surface area is 172 Å². The molecular formula is C22H29N5O2. The van der Waals surface area contributed by atoms with Crippen LogP contribution in [0.2, 0.25) is 0 Å². The number of aromatic nitrogens is 1. The number of carbonyl (C=O) groups excluding carboxylic acids is 2. The molecule has 0 unspecified atom stereocenters. The van der Waals surface area contributed by atoms with E-state index in [-0.39, 0.29) is 11.8 Å². The molecule has 154 valence electrons. The number of rotatable bonds is 6. The largest absolute Gasteiger partial charge is 0.369 e. The highest BCUT2D eigenvalue weighted by Gasteiger charge is 2.36. The molecule has 7 heteroatoms. The first-order valence-electron chi connectivity index (χ1n) is 9.88. The zero-order chi connectivity index (χ0) is 20.9. The van der Waals surface area contributed by atoms with E-state index in [0.29, 0.717) is 12.2 Å². The maximum Gasteiger partial charge on any atom is 0.239 e. The number of hydrogen-bond acceptors (Lipinski definition) is 5. The molecule has 0 bridgehead atoms. The molecule has 0 radical (unpaired) electrons. The predicted molar refractivity (Wildman–Crippen MR) is 115 cm³/mol. The number of carbonyl (C=O) groups is 2. The second-order valence-corrected chi connectivity index (χ2v) is 7.96. The fourth-order valence-electron chi connectivity index (χ4n) is 3.12. The summed E-state index contributed by atoms with van der Waals surface area (Å²) in [5.74, 6) is -0.665. The SMILES string of the molecule is CN1CCN(c2ccc(NC(=O)C(C)(C)C(=O)NCc3cccnc3)cc2)CC1. The lowest BCUT2D eigenvalue weighted by atomic mass is 9.91. The number of piperazine rings is 1. The van der Waals surface area contributed by atoms with Gasteiger partial charge in [0.2, 0.25) is 11.8 Å². The van der Waals surface area contributed by atoms with Crippen molar-refractivity contribution in [3.05, 3.63) is 54.4 Å². The molecule has 1 saturated heterocycles. The Morgan fingerprint density at radius 3 is 2.34 bits per heavy atom. The lowest BCUT2D eigenvalue weighted by Gasteiger charge is -2.34. The van der Waals surface area contributed by atoms with Gasteiger partial charge < -0.3 is 20.4 Å². The molecule has 0 aliphatic carbocycles. The van der Waals surface area contributed by atoms with E-state index in [4.69, 9.17) is 0 Å². The first-order valence-corrected chi connectivity index (χ1v) is 9.88. The normalized spacial score (nSPS) is 15.1. The van der Waals surface area contributed by atoms with E-state index in [1.54, 1.807) is 26.2 Å². The smallest absolute Gasteiger partial charge is 0.239 e. The Balaban J connectivity index is 1.55. The summed E-state index contributed by atoms with van der Waals surface area (Å²) in [5.41, 5.74) is 1.51. The number of anilines is 2. The molecule has 0 spiro atoms. The molecule has 1 aliphatic rings. The van der Waals surface area contributed by atoms with Gasteiger partial charge in [0.1, 0.15) is 5.41 Å². The summed E-state index contributed by atoms with van der Waals surface area (Å²) < 4.78 is 0. The molecule has 1 aromatic heterocycles. The molecule has 7 nitrogen and oxygen atoms in total. The Morgan fingerprint density at radius 2 is 1.72 bits per heavy atom. The van der Waals surface area contributed by atoms with Crippen LogP contribution in [0.1, 0.15) is 19.4 Å². The summed E-state index contributed by atoms with van der Waals surface area (Å²) in [4.78, 5) is 33.9. The van der Waals surface area contributed by atoms with Crippen molar-refractivity contribution in [3.63, 3.8) is 0 Å². The van der Waals surface area contributed by atoms with Crippen molar-refractivity contribution in [1.29, 1.82) is 0 Å². The Bertz CT molecular complexity index is 828. The summed E-state index contributed by atoms with van der Waals surface area (Å²) in [6.45, 7) is 7.66. The van der Waals surface area contributed by atoms with Crippen molar-refractivity contribution in [2.45, 2.75) is 20.4 Å². The van der Waals surface area contributed by atoms with Gasteiger partial charge in [-0.1, -0.05) is 6.07 Å². The number of pyridine rings is 1. The fourth-order valence-corrected chi connectivity index (χ4v) is 3.12. The minimum atomic E-state index is -1.20. The van der Waals surface area contributed by atoms with Gasteiger partial charge in [0.05, 0.1) is 0 Å². The molecule has 3 rings (SSSR count). The van der Waals surface area contributed by atoms with Gasteiger partial charge in [-0.05, 0) is 56.8 Å². The fraction of sp³-hybridized carbons (Fsp3) is 0.409. The molecule has 0 atom stereocenters. The van der Waals surface area contributed by atoms with Crippen molar-refractivity contribution < 1.29 is 9.59 Å². The Morgan fingerprint density at radius 1 is 1.03 bits per heavy atom. The average molecular weight is 396 g/mol. The highest BCUT2D eigenvalue weighted by Crippen LogP contribution is 2.22. The summed E-state index contributed by atoms with van der Waals surface area (Å²) in [6.07, 6.45) is 3.37. The number of amides is 2. The second kappa shape index (κ2) is 9.05. The van der Waals surface area contributed by atoms with E-state index in [9.17, 15) is 9.59 Å². The van der Waals surface area contributed by atoms with Gasteiger partial charge in [-0.25, -0.2) is 0 Å². The van der Waals surface area contributed by atoms with Crippen molar-refractivity contribution in [3.8, 4) is 0 Å². The minimum Gasteiger partial charge on any atom is -0.369 e. The van der Waals surface area contributed by atoms with Crippen molar-refractivity contribution in [1.82, 2.24) is 15.2 Å². The third kappa shape index (κ3) is 5.32. The van der Waals surface area contributed by atoms with Crippen molar-refractivity contribution in [2.75, 3.05) is 43.4 Å². The minimum absolute atomic E-state index is 0.326. The molecule has 2 N–H and O–H groups in total. The molecule has 1 aliphatic heterocycles. The van der Waals surface area contributed by atoms with Crippen LogP contribution in [0.3, 0.4) is 0 Å². The average Bonchev–Trinajstić information content (AvgIpc) is 2.74. The van der Waals surface area contributed by atoms with Crippen LogP contribution >= 0.6 is 0 Å². The molecule has 29 heavy (non-hydrogen) atoms. The number of hydrogen-bond donors (Lipinski definition) is 2. The van der Waals surface area contributed by atoms with Crippen LogP contribution in [0.15, 0.2) is 48.8 Å². The highest BCUT2D eigenvalue weighted by atomic mass is 16.2. The number of nitrogens with one attached hydrogen (secondary N) is 2. The summed E-state index contributed by atoms with van der Waals surface area (Å²) >= 11 is 0. The molecule has 2 aromatic rings. The van der Waals surface area contributed by atoms with Gasteiger partial charge in [-0.2, -0.15) is 0 Å². The van der Waals surface area contributed by atoms with Crippen LogP contribution in [0.5, 0.6) is 0 Å². The third-order valence-corrected chi connectivity index (χ3v) is 5.30. The lowest BCUT2D eigenvalue weighted by Crippen LogP contribution is -2.45. The third-order valence-electron chi connectivity index (χ3n) is 5.30. The van der Waals surface area contributed by atoms with Crippen LogP contribution in [0.4, 0.5) is 11.4 Å². The Hall–Kier alpha value is -2.93. The highest BCUT2D eigenvalue weighted by molar-refractivity contribution is 6.09. The second-order valence-electron chi connectivity index (χ2n) is 7.96. The summed E-state index contributed by atoms with van der Waals surface area (Å²) in [6, 6.07) is 11.5. The molecule has 2 heterocycles. The summed E-state index contributed by atoms with van der Waals surface area (Å²) in [5, 5.41) is 5.67. The first-order chi connectivity index (χ1) is 13.9. The van der Waals surface area contributed by atoms with E-state index < -0.39 is 5.41 Å². The van der Waals surface area contributed by atoms with E-state index in [1.807, 2.05) is 36.4 Å². The number of benzene rings is 1. The van der Waals surface area contributed by atoms with Crippen molar-refractivity contribution >= 4 is 23.2 Å². The van der Waals surface area contributed by atoms with Gasteiger partial charge in [0.15, 0.2) is 0 Å². The molecule has 1 fully saturated rings. The first kappa shape index (κ1) is 20.8. The summed E-state index contributed by atoms with van der Waals surface area (Å²) in [7, 11) is 2.13. The van der Waals surface area contributed by atoms with Gasteiger partial charge >= 0.3 is 0 Å². The van der Waals surface area contributed by atoms with E-state index in [0.717, 1.165) is 37.4 Å². The predicted octanol–water partition coefficient (Wildman–Crippen LogP) is 2.11. The van der Waals surface area contributed by atoms with E-state index >= 15 is 0 Å². The molecular weight excluding hydrogens is 366 g/mol. The maximum absolute atomic E-state index is 12.7. The van der Waals surface area contributed by atoms with Gasteiger partial charge in [-0.15, -0.1) is 0 Å². The van der Waals surface area contributed by atoms with E-state index in [2.05, 4.69) is 32.5 Å². The molecule has 0 saturated carbocycles. The maximum atomic E-state index is 12.7. The van der Waals surface area contributed by atoms with Crippen LogP contribution < -0.4 is 15.5 Å². The topological polar surface area (TPSA) is 77.6 Å². The standard InChI is InChI=1S/C22H29N5O2/c1-22(2,20(28)24-16-17-5-4-10-23-15-17)21(29)25-18-6-8-19(9-7-18)27-13-11-26(3)12-14-27/h4-10,15H,11-14,16H2,1-3H3,(H,24,28)(H,25,29). The monoisotopic (exact) mass is 395 g/mol. The van der Waals surface area contributed by atoms with Gasteiger partial charge in [0, 0.05) is 56.5 Å². The van der Waals surface area contributed by atoms with Crippen LogP contribution in [-0.4, -0.2) is 54.9 Å². The zero-order valence-electron chi connectivity index (χ0n) is 17.3. The zero-order valence-corrected chi connectivity index (χ0v) is 17.3. The van der Waals surface area contributed by atoms with E-state index in [1.165, 1.54) is 0 Å². The number of likely N-dealkylation sites (N-methyl/N-ethyl adjacent to an activating group) is 1. The lowest BCUT2D eigenvalue weighted by molar-refractivity contribution is -0.138. The molecule has 1 aromatic carbocycles. The van der Waals surface area contributed by atoms with Gasteiger partial charge in [-0.3, -0.25) is 14.6 Å². The quantitative estimate of drug-likeness (QED) is 0.733. The van der Waals surface area contributed by atoms with Gasteiger partial charge in [0.25, 0.3) is 0 Å². The Kier molecular flexibility index (Phi) is 6.49. The molecule has 2 amide bonds. The van der Waals surface area contributed by atoms with Crippen LogP contribution in [0, 0.1) is 5.41 Å². The van der Waals surface area contributed by atoms with Crippen molar-refractivity contribution in [2.24, 2.45) is 5.41 Å². The van der Waals surface area contributed by atoms with Crippen LogP contribution in [0.25, 0.3) is 0 Å². The van der Waals surface area contributed by atoms with Crippen LogP contribution in [-0.2, 0) is 16.1 Å². The number of nitrogens with zero attached hydrogens (tertiary/aromatic N) is 3.